The van der Waals surface area contributed by atoms with Gasteiger partial charge in [0, 0.05) is 18.7 Å². The molecule has 0 spiro atoms. The van der Waals surface area contributed by atoms with Gasteiger partial charge in [-0.2, -0.15) is 0 Å². The molecule has 2 heterocycles. The number of phenolic OH excluding ortho intramolecular Hbond substituents is 1. The number of carbonyl (C=O) groups excluding carboxylic acids is 2. The fourth-order valence-electron chi connectivity index (χ4n) is 3.30. The van der Waals surface area contributed by atoms with Gasteiger partial charge in [-0.25, -0.2) is 13.2 Å². The third kappa shape index (κ3) is 4.13. The SMILES string of the molecule is COC(=O)/C=C1/C[C@H]2[C@@H](S(=O)(=O)[O-])Nc3cc(O)c(OC)cc3C(=O)N2C1.[Na+]. The van der Waals surface area contributed by atoms with E-state index in [0.29, 0.717) is 5.57 Å². The van der Waals surface area contributed by atoms with Crippen LogP contribution >= 0.6 is 0 Å². The Bertz CT molecular complexity index is 946. The summed E-state index contributed by atoms with van der Waals surface area (Å²) in [7, 11) is -2.37. The fraction of sp³-hybridized carbons (Fsp3) is 0.375. The Morgan fingerprint density at radius 1 is 1.39 bits per heavy atom. The second-order valence-electron chi connectivity index (χ2n) is 6.16. The van der Waals surface area contributed by atoms with Gasteiger partial charge in [0.25, 0.3) is 5.91 Å². The molecule has 0 radical (unpaired) electrons. The first-order valence-electron chi connectivity index (χ1n) is 7.86. The van der Waals surface area contributed by atoms with E-state index in [2.05, 4.69) is 10.1 Å². The first-order valence-corrected chi connectivity index (χ1v) is 9.33. The minimum absolute atomic E-state index is 0. The zero-order chi connectivity index (χ0) is 19.9. The van der Waals surface area contributed by atoms with Crippen LogP contribution in [0.5, 0.6) is 11.5 Å². The number of fused-ring (bicyclic) bond motifs is 2. The molecule has 1 amide bonds. The molecule has 2 N–H and O–H groups in total. The van der Waals surface area contributed by atoms with Crippen LogP contribution in [0.1, 0.15) is 16.8 Å². The summed E-state index contributed by atoms with van der Waals surface area (Å²) in [5.41, 5.74) is 0.514. The summed E-state index contributed by atoms with van der Waals surface area (Å²) in [6, 6.07) is 1.38. The van der Waals surface area contributed by atoms with E-state index in [9.17, 15) is 27.7 Å². The van der Waals surface area contributed by atoms with Gasteiger partial charge >= 0.3 is 35.5 Å². The van der Waals surface area contributed by atoms with Crippen LogP contribution < -0.4 is 39.6 Å². The maximum Gasteiger partial charge on any atom is 1.00 e. The summed E-state index contributed by atoms with van der Waals surface area (Å²) < 4.78 is 45.1. The number of esters is 1. The first-order chi connectivity index (χ1) is 12.7. The van der Waals surface area contributed by atoms with Crippen LogP contribution in [-0.2, 0) is 19.6 Å². The molecule has 1 aromatic carbocycles. The molecule has 1 aromatic rings. The zero-order valence-corrected chi connectivity index (χ0v) is 18.3. The van der Waals surface area contributed by atoms with Crippen LogP contribution in [0.25, 0.3) is 0 Å². The van der Waals surface area contributed by atoms with Crippen molar-refractivity contribution in [1.82, 2.24) is 4.90 Å². The Morgan fingerprint density at radius 2 is 2.07 bits per heavy atom. The summed E-state index contributed by atoms with van der Waals surface area (Å²) in [6.07, 6.45) is 1.19. The summed E-state index contributed by atoms with van der Waals surface area (Å²) in [6.45, 7) is -0.0328. The van der Waals surface area contributed by atoms with E-state index in [-0.39, 0.29) is 65.3 Å². The quantitative estimate of drug-likeness (QED) is 0.226. The van der Waals surface area contributed by atoms with Crippen molar-refractivity contribution in [2.45, 2.75) is 17.8 Å². The molecule has 0 aliphatic carbocycles. The Morgan fingerprint density at radius 3 is 2.64 bits per heavy atom. The van der Waals surface area contributed by atoms with Crippen LogP contribution in [-0.4, -0.2) is 67.0 Å². The zero-order valence-electron chi connectivity index (χ0n) is 15.5. The van der Waals surface area contributed by atoms with E-state index in [1.807, 2.05) is 0 Å². The second-order valence-corrected chi connectivity index (χ2v) is 7.65. The Hall–Kier alpha value is -1.79. The minimum Gasteiger partial charge on any atom is -0.746 e. The standard InChI is InChI=1S/C16H18N2O8S.Na/c1-25-13-5-9-10(6-12(13)19)17-15(27(22,23)24)11-3-8(4-14(20)26-2)7-18(11)16(9)21;/h4-6,11,15,17,19H,3,7H2,1-2H3,(H,22,23,24);/q;+1/p-1/b8-4-;/t11-,15+;/m0./s1. The molecule has 2 aliphatic rings. The first kappa shape index (κ1) is 22.5. The normalized spacial score (nSPS) is 22.5. The number of ether oxygens (including phenoxy) is 2. The van der Waals surface area contributed by atoms with E-state index in [1.165, 1.54) is 31.3 Å². The fourth-order valence-corrected chi connectivity index (χ4v) is 4.20. The molecule has 0 unspecified atom stereocenters. The van der Waals surface area contributed by atoms with Gasteiger partial charge < -0.3 is 29.3 Å². The van der Waals surface area contributed by atoms with E-state index in [1.54, 1.807) is 0 Å². The summed E-state index contributed by atoms with van der Waals surface area (Å²) >= 11 is 0. The largest absolute Gasteiger partial charge is 1.00 e. The Balaban J connectivity index is 0.00000280. The maximum atomic E-state index is 13.0. The summed E-state index contributed by atoms with van der Waals surface area (Å²) in [5.74, 6) is -1.49. The van der Waals surface area contributed by atoms with E-state index in [0.717, 1.165) is 6.07 Å². The van der Waals surface area contributed by atoms with Crippen molar-refractivity contribution >= 4 is 27.7 Å². The number of benzene rings is 1. The average Bonchev–Trinajstić information content (AvgIpc) is 2.96. The molecule has 10 nitrogen and oxygen atoms in total. The molecule has 146 valence electrons. The van der Waals surface area contributed by atoms with E-state index < -0.39 is 33.4 Å². The maximum absolute atomic E-state index is 13.0. The number of hydrogen-bond acceptors (Lipinski definition) is 9. The number of hydrogen-bond donors (Lipinski definition) is 2. The molecule has 0 bridgehead atoms. The monoisotopic (exact) mass is 420 g/mol. The number of anilines is 1. The topological polar surface area (TPSA) is 145 Å². The van der Waals surface area contributed by atoms with Crippen LogP contribution in [0.15, 0.2) is 23.8 Å². The number of methoxy groups -OCH3 is 2. The van der Waals surface area contributed by atoms with Crippen molar-refractivity contribution in [2.24, 2.45) is 0 Å². The number of rotatable bonds is 3. The van der Waals surface area contributed by atoms with Gasteiger partial charge in [-0.3, -0.25) is 4.79 Å². The van der Waals surface area contributed by atoms with E-state index in [4.69, 9.17) is 4.74 Å². The molecule has 0 saturated carbocycles. The Kier molecular flexibility index (Phi) is 6.66. The smallest absolute Gasteiger partial charge is 0.746 e. The second kappa shape index (κ2) is 8.29. The predicted octanol–water partition coefficient (Wildman–Crippen LogP) is -2.98. The number of phenols is 1. The minimum atomic E-state index is -4.87. The molecule has 0 aromatic heterocycles. The molecule has 3 rings (SSSR count). The average molecular weight is 420 g/mol. The van der Waals surface area contributed by atoms with Crippen LogP contribution in [0, 0.1) is 0 Å². The molecular weight excluding hydrogens is 403 g/mol. The predicted molar refractivity (Wildman–Crippen MR) is 91.3 cm³/mol. The molecule has 2 aliphatic heterocycles. The summed E-state index contributed by atoms with van der Waals surface area (Å²) in [4.78, 5) is 25.7. The van der Waals surface area contributed by atoms with Crippen LogP contribution in [0.4, 0.5) is 5.69 Å². The van der Waals surface area contributed by atoms with Crippen molar-refractivity contribution in [3.8, 4) is 11.5 Å². The van der Waals surface area contributed by atoms with Gasteiger partial charge in [-0.05, 0) is 18.1 Å². The number of amides is 1. The van der Waals surface area contributed by atoms with E-state index >= 15 is 0 Å². The molecule has 12 heteroatoms. The van der Waals surface area contributed by atoms with Gasteiger partial charge in [0.1, 0.15) is 15.5 Å². The molecule has 28 heavy (non-hydrogen) atoms. The van der Waals surface area contributed by atoms with Crippen molar-refractivity contribution in [1.29, 1.82) is 0 Å². The molecular formula is C16H17N2NaO8S. The number of nitrogens with zero attached hydrogens (tertiary/aromatic N) is 1. The Labute approximate surface area is 183 Å². The van der Waals surface area contributed by atoms with Gasteiger partial charge in [0.05, 0.1) is 31.5 Å². The van der Waals surface area contributed by atoms with Crippen LogP contribution in [0.3, 0.4) is 0 Å². The summed E-state index contributed by atoms with van der Waals surface area (Å²) in [5, 5.41) is 10.8. The van der Waals surface area contributed by atoms with Crippen LogP contribution in [0.2, 0.25) is 0 Å². The molecule has 1 saturated heterocycles. The van der Waals surface area contributed by atoms with Gasteiger partial charge in [0.2, 0.25) is 0 Å². The van der Waals surface area contributed by atoms with Crippen molar-refractivity contribution in [3.63, 3.8) is 0 Å². The van der Waals surface area contributed by atoms with Gasteiger partial charge in [-0.15, -0.1) is 0 Å². The molecule has 1 fully saturated rings. The van der Waals surface area contributed by atoms with Crippen molar-refractivity contribution < 1.29 is 66.7 Å². The number of aromatic hydroxyl groups is 1. The van der Waals surface area contributed by atoms with Crippen molar-refractivity contribution in [2.75, 3.05) is 26.1 Å². The van der Waals surface area contributed by atoms with Gasteiger partial charge in [0.15, 0.2) is 11.5 Å². The van der Waals surface area contributed by atoms with Gasteiger partial charge in [-0.1, -0.05) is 0 Å². The third-order valence-electron chi connectivity index (χ3n) is 4.54. The molecule has 2 atom stereocenters. The number of nitrogens with one attached hydrogen (secondary N) is 1. The van der Waals surface area contributed by atoms with Crippen molar-refractivity contribution in [3.05, 3.63) is 29.3 Å². The number of carbonyl (C=O) groups is 2. The third-order valence-corrected chi connectivity index (χ3v) is 5.59.